The van der Waals surface area contributed by atoms with E-state index in [1.54, 1.807) is 4.72 Å². The summed E-state index contributed by atoms with van der Waals surface area (Å²) < 4.78 is 97.8. The van der Waals surface area contributed by atoms with Crippen LogP contribution in [0.25, 0.3) is 0 Å². The van der Waals surface area contributed by atoms with Crippen LogP contribution in [-0.4, -0.2) is 28.0 Å². The lowest BCUT2D eigenvalue weighted by molar-refractivity contribution is -0.137. The molecular weight excluding hydrogens is 413 g/mol. The first-order chi connectivity index (χ1) is 12.9. The van der Waals surface area contributed by atoms with Crippen molar-refractivity contribution in [2.75, 3.05) is 7.11 Å². The second-order valence-electron chi connectivity index (χ2n) is 5.20. The summed E-state index contributed by atoms with van der Waals surface area (Å²) in [6, 6.07) is 5.68. The Kier molecular flexibility index (Phi) is 6.12. The van der Waals surface area contributed by atoms with Crippen LogP contribution in [0.5, 0.6) is 11.5 Å². The van der Waals surface area contributed by atoms with Crippen LogP contribution in [0.2, 0.25) is 0 Å². The van der Waals surface area contributed by atoms with Crippen molar-refractivity contribution < 1.29 is 44.6 Å². The van der Waals surface area contributed by atoms with Gasteiger partial charge < -0.3 is 9.47 Å². The molecule has 0 atom stereocenters. The Morgan fingerprint density at radius 1 is 1.07 bits per heavy atom. The summed E-state index contributed by atoms with van der Waals surface area (Å²) in [5.41, 5.74) is -1.52. The number of ether oxygens (including phenoxy) is 2. The zero-order valence-electron chi connectivity index (χ0n) is 14.0. The molecule has 0 saturated heterocycles. The number of carbonyl (C=O) groups is 1. The first kappa shape index (κ1) is 21.4. The standard InChI is InChI=1S/C16H12F5NO5S/c1-26-13-7-9(5-6-12(13)27-15(17)18)14(23)22-28(24,25)11-4-2-3-10(8-11)16(19,20)21/h2-8,15H,1H3,(H,22,23). The summed E-state index contributed by atoms with van der Waals surface area (Å²) in [5.74, 6) is -1.88. The molecule has 12 heteroatoms. The van der Waals surface area contributed by atoms with Gasteiger partial charge in [-0.25, -0.2) is 13.1 Å². The van der Waals surface area contributed by atoms with E-state index >= 15 is 0 Å². The molecule has 0 spiro atoms. The molecule has 152 valence electrons. The summed E-state index contributed by atoms with van der Waals surface area (Å²) in [5, 5.41) is 0. The molecule has 28 heavy (non-hydrogen) atoms. The Balaban J connectivity index is 2.29. The van der Waals surface area contributed by atoms with Crippen LogP contribution < -0.4 is 14.2 Å². The number of carbonyl (C=O) groups excluding carboxylic acids is 1. The summed E-state index contributed by atoms with van der Waals surface area (Å²) in [4.78, 5) is 11.4. The number of sulfonamides is 1. The molecule has 0 heterocycles. The number of nitrogens with one attached hydrogen (secondary N) is 1. The predicted molar refractivity (Wildman–Crippen MR) is 85.7 cm³/mol. The number of alkyl halides is 5. The maximum Gasteiger partial charge on any atom is 0.416 e. The molecule has 0 saturated carbocycles. The fraction of sp³-hybridized carbons (Fsp3) is 0.188. The van der Waals surface area contributed by atoms with Gasteiger partial charge in [0.15, 0.2) is 11.5 Å². The number of halogens is 5. The van der Waals surface area contributed by atoms with E-state index in [1.807, 2.05) is 0 Å². The van der Waals surface area contributed by atoms with Crippen LogP contribution in [0.1, 0.15) is 15.9 Å². The predicted octanol–water partition coefficient (Wildman–Crippen LogP) is 3.43. The fourth-order valence-corrected chi connectivity index (χ4v) is 3.10. The monoisotopic (exact) mass is 425 g/mol. The van der Waals surface area contributed by atoms with Gasteiger partial charge in [-0.2, -0.15) is 22.0 Å². The number of amides is 1. The first-order valence-corrected chi connectivity index (χ1v) is 8.79. The lowest BCUT2D eigenvalue weighted by atomic mass is 10.2. The average Bonchev–Trinajstić information content (AvgIpc) is 2.60. The summed E-state index contributed by atoms with van der Waals surface area (Å²) in [6.07, 6.45) is -4.77. The lowest BCUT2D eigenvalue weighted by Crippen LogP contribution is -2.30. The highest BCUT2D eigenvalue weighted by molar-refractivity contribution is 7.90. The van der Waals surface area contributed by atoms with Crippen molar-refractivity contribution >= 4 is 15.9 Å². The van der Waals surface area contributed by atoms with E-state index in [2.05, 4.69) is 4.74 Å². The van der Waals surface area contributed by atoms with Crippen molar-refractivity contribution in [3.05, 3.63) is 53.6 Å². The highest BCUT2D eigenvalue weighted by Gasteiger charge is 2.32. The fourth-order valence-electron chi connectivity index (χ4n) is 2.08. The molecule has 2 aromatic carbocycles. The highest BCUT2D eigenvalue weighted by Crippen LogP contribution is 2.31. The number of hydrogen-bond donors (Lipinski definition) is 1. The van der Waals surface area contributed by atoms with Gasteiger partial charge in [0.1, 0.15) is 0 Å². The van der Waals surface area contributed by atoms with E-state index in [4.69, 9.17) is 4.74 Å². The Morgan fingerprint density at radius 2 is 1.75 bits per heavy atom. The Bertz CT molecular complexity index is 976. The molecule has 0 aliphatic carbocycles. The molecular formula is C16H12F5NO5S. The van der Waals surface area contributed by atoms with Crippen LogP contribution in [0, 0.1) is 0 Å². The maximum absolute atomic E-state index is 12.7. The smallest absolute Gasteiger partial charge is 0.416 e. The molecule has 2 aromatic rings. The van der Waals surface area contributed by atoms with Crippen molar-refractivity contribution in [2.45, 2.75) is 17.7 Å². The van der Waals surface area contributed by atoms with Crippen LogP contribution in [0.15, 0.2) is 47.4 Å². The van der Waals surface area contributed by atoms with Gasteiger partial charge in [0.25, 0.3) is 15.9 Å². The third kappa shape index (κ3) is 5.09. The average molecular weight is 425 g/mol. The quantitative estimate of drug-likeness (QED) is 0.718. The van der Waals surface area contributed by atoms with Gasteiger partial charge in [-0.05, 0) is 36.4 Å². The number of benzene rings is 2. The van der Waals surface area contributed by atoms with Crippen LogP contribution in [0.3, 0.4) is 0 Å². The van der Waals surface area contributed by atoms with Crippen molar-refractivity contribution in [3.63, 3.8) is 0 Å². The molecule has 0 fully saturated rings. The van der Waals surface area contributed by atoms with Crippen molar-refractivity contribution in [3.8, 4) is 11.5 Å². The SMILES string of the molecule is COc1cc(C(=O)NS(=O)(=O)c2cccc(C(F)(F)F)c2)ccc1OC(F)F. The molecule has 0 unspecified atom stereocenters. The van der Waals surface area contributed by atoms with Crippen LogP contribution >= 0.6 is 0 Å². The molecule has 0 aliphatic rings. The van der Waals surface area contributed by atoms with Gasteiger partial charge in [0.2, 0.25) is 0 Å². The Labute approximate surface area is 155 Å². The van der Waals surface area contributed by atoms with E-state index in [9.17, 15) is 35.2 Å². The normalized spacial score (nSPS) is 12.0. The van der Waals surface area contributed by atoms with Gasteiger partial charge in [0.05, 0.1) is 17.6 Å². The third-order valence-corrected chi connectivity index (χ3v) is 4.67. The number of methoxy groups -OCH3 is 1. The molecule has 1 amide bonds. The van der Waals surface area contributed by atoms with Crippen molar-refractivity contribution in [2.24, 2.45) is 0 Å². The summed E-state index contributed by atoms with van der Waals surface area (Å²) in [7, 11) is -3.52. The van der Waals surface area contributed by atoms with E-state index in [1.165, 1.54) is 0 Å². The van der Waals surface area contributed by atoms with E-state index < -0.39 is 44.9 Å². The van der Waals surface area contributed by atoms with Gasteiger partial charge in [-0.15, -0.1) is 0 Å². The van der Waals surface area contributed by atoms with Crippen molar-refractivity contribution in [1.82, 2.24) is 4.72 Å². The molecule has 0 bridgehead atoms. The zero-order valence-corrected chi connectivity index (χ0v) is 14.8. The summed E-state index contributed by atoms with van der Waals surface area (Å²) >= 11 is 0. The van der Waals surface area contributed by atoms with Gasteiger partial charge in [0, 0.05) is 5.56 Å². The second-order valence-corrected chi connectivity index (χ2v) is 6.89. The van der Waals surface area contributed by atoms with E-state index in [0.29, 0.717) is 12.1 Å². The first-order valence-electron chi connectivity index (χ1n) is 7.31. The van der Waals surface area contributed by atoms with Gasteiger partial charge in [-0.3, -0.25) is 4.79 Å². The minimum atomic E-state index is -4.77. The van der Waals surface area contributed by atoms with Crippen LogP contribution in [-0.2, 0) is 16.2 Å². The van der Waals surface area contributed by atoms with E-state index in [0.717, 1.165) is 37.4 Å². The van der Waals surface area contributed by atoms with E-state index in [-0.39, 0.29) is 11.3 Å². The number of hydrogen-bond acceptors (Lipinski definition) is 5. The number of rotatable bonds is 6. The Hall–Kier alpha value is -2.89. The Morgan fingerprint density at radius 3 is 2.32 bits per heavy atom. The largest absolute Gasteiger partial charge is 0.493 e. The molecule has 6 nitrogen and oxygen atoms in total. The molecule has 0 aromatic heterocycles. The van der Waals surface area contributed by atoms with Gasteiger partial charge >= 0.3 is 12.8 Å². The lowest BCUT2D eigenvalue weighted by Gasteiger charge is -2.12. The molecule has 1 N–H and O–H groups in total. The molecule has 0 radical (unpaired) electrons. The summed E-state index contributed by atoms with van der Waals surface area (Å²) in [6.45, 7) is -3.16. The minimum absolute atomic E-state index is 0.274. The van der Waals surface area contributed by atoms with Crippen LogP contribution in [0.4, 0.5) is 22.0 Å². The molecule has 0 aliphatic heterocycles. The zero-order chi connectivity index (χ0) is 21.1. The third-order valence-electron chi connectivity index (χ3n) is 3.34. The topological polar surface area (TPSA) is 81.7 Å². The second kappa shape index (κ2) is 8.00. The minimum Gasteiger partial charge on any atom is -0.493 e. The highest BCUT2D eigenvalue weighted by atomic mass is 32.2. The molecule has 2 rings (SSSR count). The van der Waals surface area contributed by atoms with Gasteiger partial charge in [-0.1, -0.05) is 6.07 Å². The van der Waals surface area contributed by atoms with Crippen molar-refractivity contribution in [1.29, 1.82) is 0 Å². The maximum atomic E-state index is 12.7.